The molecule has 148 valence electrons. The van der Waals surface area contributed by atoms with Crippen molar-refractivity contribution in [3.05, 3.63) is 89.5 Å². The number of anilines is 1. The fourth-order valence-electron chi connectivity index (χ4n) is 2.82. The van der Waals surface area contributed by atoms with E-state index in [1.807, 2.05) is 24.3 Å². The largest absolute Gasteiger partial charge is 0.496 e. The number of Topliss-reactive ketones (excluding diaryl/α,β-unsaturated/α-hetero) is 1. The average molecular weight is 389 g/mol. The standard InChI is InChI=1S/C24H23NO4/c1-3-17-8-10-18(11-9-17)22(26)16-29-20-14-12-19(13-15-20)25-24(27)21-6-4-5-7-23(21)28-2/h4-15H,3,16H2,1-2H3,(H,25,27). The monoisotopic (exact) mass is 389 g/mol. The summed E-state index contributed by atoms with van der Waals surface area (Å²) in [7, 11) is 1.53. The minimum atomic E-state index is -0.262. The smallest absolute Gasteiger partial charge is 0.259 e. The Hall–Kier alpha value is -3.60. The molecule has 0 aromatic heterocycles. The molecule has 0 unspecified atom stereocenters. The zero-order valence-corrected chi connectivity index (χ0v) is 16.5. The van der Waals surface area contributed by atoms with Crippen molar-refractivity contribution in [2.75, 3.05) is 19.0 Å². The van der Waals surface area contributed by atoms with E-state index in [1.54, 1.807) is 48.5 Å². The second-order valence-electron chi connectivity index (χ2n) is 6.44. The Balaban J connectivity index is 1.57. The summed E-state index contributed by atoms with van der Waals surface area (Å²) >= 11 is 0. The number of para-hydroxylation sites is 1. The van der Waals surface area contributed by atoms with Gasteiger partial charge < -0.3 is 14.8 Å². The van der Waals surface area contributed by atoms with Gasteiger partial charge in [0.05, 0.1) is 12.7 Å². The number of carbonyl (C=O) groups excluding carboxylic acids is 2. The van der Waals surface area contributed by atoms with Gasteiger partial charge in [-0.2, -0.15) is 0 Å². The molecule has 3 rings (SSSR count). The van der Waals surface area contributed by atoms with E-state index in [1.165, 1.54) is 12.7 Å². The molecule has 0 fully saturated rings. The van der Waals surface area contributed by atoms with Gasteiger partial charge in [-0.15, -0.1) is 0 Å². The van der Waals surface area contributed by atoms with E-state index in [-0.39, 0.29) is 18.3 Å². The maximum Gasteiger partial charge on any atom is 0.259 e. The first kappa shape index (κ1) is 20.1. The highest BCUT2D eigenvalue weighted by Crippen LogP contribution is 2.21. The van der Waals surface area contributed by atoms with Gasteiger partial charge in [-0.3, -0.25) is 9.59 Å². The predicted octanol–water partition coefficient (Wildman–Crippen LogP) is 4.77. The van der Waals surface area contributed by atoms with Crippen LogP contribution in [0.3, 0.4) is 0 Å². The van der Waals surface area contributed by atoms with Crippen molar-refractivity contribution < 1.29 is 19.1 Å². The van der Waals surface area contributed by atoms with Crippen LogP contribution in [0.1, 0.15) is 33.2 Å². The van der Waals surface area contributed by atoms with E-state index >= 15 is 0 Å². The highest BCUT2D eigenvalue weighted by Gasteiger charge is 2.12. The molecule has 0 aliphatic rings. The van der Waals surface area contributed by atoms with Gasteiger partial charge in [0.1, 0.15) is 11.5 Å². The van der Waals surface area contributed by atoms with Gasteiger partial charge in [0.15, 0.2) is 12.4 Å². The lowest BCUT2D eigenvalue weighted by molar-refractivity contribution is 0.0921. The number of hydrogen-bond donors (Lipinski definition) is 1. The molecule has 0 radical (unpaired) electrons. The first-order valence-corrected chi connectivity index (χ1v) is 9.40. The Morgan fingerprint density at radius 3 is 2.24 bits per heavy atom. The predicted molar refractivity (Wildman–Crippen MR) is 113 cm³/mol. The van der Waals surface area contributed by atoms with Crippen LogP contribution in [0.25, 0.3) is 0 Å². The third-order valence-corrected chi connectivity index (χ3v) is 4.52. The molecule has 1 amide bonds. The number of aryl methyl sites for hydroxylation is 1. The zero-order valence-electron chi connectivity index (χ0n) is 16.5. The van der Waals surface area contributed by atoms with Crippen LogP contribution in [0.5, 0.6) is 11.5 Å². The molecular weight excluding hydrogens is 366 g/mol. The molecule has 0 heterocycles. The lowest BCUT2D eigenvalue weighted by Crippen LogP contribution is -2.13. The van der Waals surface area contributed by atoms with Gasteiger partial charge in [0.25, 0.3) is 5.91 Å². The van der Waals surface area contributed by atoms with Gasteiger partial charge in [-0.05, 0) is 48.4 Å². The zero-order chi connectivity index (χ0) is 20.6. The highest BCUT2D eigenvalue weighted by atomic mass is 16.5. The summed E-state index contributed by atoms with van der Waals surface area (Å²) in [4.78, 5) is 24.7. The molecule has 0 aliphatic heterocycles. The molecule has 0 saturated heterocycles. The Bertz CT molecular complexity index is 979. The SMILES string of the molecule is CCc1ccc(C(=O)COc2ccc(NC(=O)c3ccccc3OC)cc2)cc1. The molecule has 0 atom stereocenters. The number of amides is 1. The number of hydrogen-bond acceptors (Lipinski definition) is 4. The number of benzene rings is 3. The van der Waals surface area contributed by atoms with Crippen LogP contribution in [0.4, 0.5) is 5.69 Å². The molecule has 5 nitrogen and oxygen atoms in total. The molecule has 3 aromatic rings. The molecule has 3 aromatic carbocycles. The van der Waals surface area contributed by atoms with Crippen LogP contribution < -0.4 is 14.8 Å². The van der Waals surface area contributed by atoms with Crippen molar-refractivity contribution in [2.24, 2.45) is 0 Å². The van der Waals surface area contributed by atoms with Crippen molar-refractivity contribution in [3.63, 3.8) is 0 Å². The van der Waals surface area contributed by atoms with Crippen LogP contribution in [0, 0.1) is 0 Å². The first-order valence-electron chi connectivity index (χ1n) is 9.40. The van der Waals surface area contributed by atoms with Crippen LogP contribution in [0.15, 0.2) is 72.8 Å². The van der Waals surface area contributed by atoms with E-state index in [2.05, 4.69) is 12.2 Å². The Kier molecular flexibility index (Phi) is 6.63. The van der Waals surface area contributed by atoms with E-state index in [0.29, 0.717) is 28.3 Å². The maximum absolute atomic E-state index is 12.4. The molecule has 1 N–H and O–H groups in total. The quantitative estimate of drug-likeness (QED) is 0.564. The minimum absolute atomic E-state index is 0.0433. The van der Waals surface area contributed by atoms with Crippen molar-refractivity contribution >= 4 is 17.4 Å². The number of nitrogens with one attached hydrogen (secondary N) is 1. The Labute approximate surface area is 170 Å². The normalized spacial score (nSPS) is 10.3. The third-order valence-electron chi connectivity index (χ3n) is 4.52. The molecular formula is C24H23NO4. The van der Waals surface area contributed by atoms with Gasteiger partial charge in [-0.1, -0.05) is 43.3 Å². The van der Waals surface area contributed by atoms with Crippen LogP contribution in [-0.4, -0.2) is 25.4 Å². The number of rotatable bonds is 8. The number of carbonyl (C=O) groups is 2. The van der Waals surface area contributed by atoms with Gasteiger partial charge in [-0.25, -0.2) is 0 Å². The summed E-state index contributed by atoms with van der Waals surface area (Å²) in [5, 5.41) is 2.82. The van der Waals surface area contributed by atoms with E-state index in [0.717, 1.165) is 6.42 Å². The highest BCUT2D eigenvalue weighted by molar-refractivity contribution is 6.06. The van der Waals surface area contributed by atoms with E-state index in [4.69, 9.17) is 9.47 Å². The lowest BCUT2D eigenvalue weighted by Gasteiger charge is -2.10. The summed E-state index contributed by atoms with van der Waals surface area (Å²) in [6.07, 6.45) is 0.935. The Morgan fingerprint density at radius 1 is 0.897 bits per heavy atom. The van der Waals surface area contributed by atoms with Gasteiger partial charge >= 0.3 is 0 Å². The van der Waals surface area contributed by atoms with Gasteiger partial charge in [0, 0.05) is 11.3 Å². The second kappa shape index (κ2) is 9.55. The van der Waals surface area contributed by atoms with Crippen LogP contribution in [0.2, 0.25) is 0 Å². The Morgan fingerprint density at radius 2 is 1.59 bits per heavy atom. The van der Waals surface area contributed by atoms with Crippen molar-refractivity contribution in [1.29, 1.82) is 0 Å². The molecule has 0 saturated carbocycles. The second-order valence-corrected chi connectivity index (χ2v) is 6.44. The molecule has 0 bridgehead atoms. The fraction of sp³-hybridized carbons (Fsp3) is 0.167. The summed E-state index contributed by atoms with van der Waals surface area (Å²) in [5.41, 5.74) is 2.89. The van der Waals surface area contributed by atoms with Crippen molar-refractivity contribution in [1.82, 2.24) is 0 Å². The van der Waals surface area contributed by atoms with E-state index in [9.17, 15) is 9.59 Å². The lowest BCUT2D eigenvalue weighted by atomic mass is 10.1. The summed E-state index contributed by atoms with van der Waals surface area (Å²) in [5.74, 6) is 0.720. The number of ketones is 1. The average Bonchev–Trinajstić information content (AvgIpc) is 2.78. The van der Waals surface area contributed by atoms with E-state index < -0.39 is 0 Å². The minimum Gasteiger partial charge on any atom is -0.496 e. The van der Waals surface area contributed by atoms with Gasteiger partial charge in [0.2, 0.25) is 0 Å². The third kappa shape index (κ3) is 5.23. The number of methoxy groups -OCH3 is 1. The van der Waals surface area contributed by atoms with Crippen molar-refractivity contribution in [3.8, 4) is 11.5 Å². The molecule has 5 heteroatoms. The first-order chi connectivity index (χ1) is 14.1. The maximum atomic E-state index is 12.4. The molecule has 0 spiro atoms. The summed E-state index contributed by atoms with van der Waals surface area (Å²) in [6.45, 7) is 2.03. The fourth-order valence-corrected chi connectivity index (χ4v) is 2.82. The van der Waals surface area contributed by atoms with Crippen LogP contribution >= 0.6 is 0 Å². The number of ether oxygens (including phenoxy) is 2. The summed E-state index contributed by atoms with van der Waals surface area (Å²) < 4.78 is 10.8. The van der Waals surface area contributed by atoms with Crippen molar-refractivity contribution in [2.45, 2.75) is 13.3 Å². The molecule has 0 aliphatic carbocycles. The topological polar surface area (TPSA) is 64.6 Å². The van der Waals surface area contributed by atoms with Crippen LogP contribution in [-0.2, 0) is 6.42 Å². The summed E-state index contributed by atoms with van der Waals surface area (Å²) in [6, 6.07) is 21.4. The molecule has 29 heavy (non-hydrogen) atoms.